The first-order valence-electron chi connectivity index (χ1n) is 5.86. The van der Waals surface area contributed by atoms with Gasteiger partial charge >= 0.3 is 5.97 Å². The lowest BCUT2D eigenvalue weighted by molar-refractivity contribution is -0.384. The summed E-state index contributed by atoms with van der Waals surface area (Å²) in [5.74, 6) is -0.642. The molecule has 0 heterocycles. The van der Waals surface area contributed by atoms with Crippen LogP contribution in [0, 0.1) is 10.1 Å². The lowest BCUT2D eigenvalue weighted by Crippen LogP contribution is -2.00. The van der Waals surface area contributed by atoms with Crippen LogP contribution >= 0.6 is 15.9 Å². The number of carboxylic acid groups (broad SMARTS) is 1. The zero-order chi connectivity index (χ0) is 15.4. The zero-order valence-electron chi connectivity index (χ0n) is 10.7. The number of nitrogens with zero attached hydrogens (tertiary/aromatic N) is 1. The highest BCUT2D eigenvalue weighted by Crippen LogP contribution is 2.23. The summed E-state index contributed by atoms with van der Waals surface area (Å²) in [5.41, 5.74) is 0.868. The second-order valence-corrected chi connectivity index (χ2v) is 5.01. The van der Waals surface area contributed by atoms with Gasteiger partial charge in [0.25, 0.3) is 5.69 Å². The number of rotatable bonds is 5. The molecule has 0 fully saturated rings. The minimum atomic E-state index is -1.05. The maximum Gasteiger partial charge on any atom is 0.336 e. The van der Waals surface area contributed by atoms with Crippen molar-refractivity contribution in [2.24, 2.45) is 0 Å². The highest BCUT2D eigenvalue weighted by Gasteiger charge is 2.10. The number of hydrogen-bond donors (Lipinski definition) is 1. The molecule has 0 saturated heterocycles. The van der Waals surface area contributed by atoms with Crippen LogP contribution in [-0.2, 0) is 6.61 Å². The van der Waals surface area contributed by atoms with E-state index in [4.69, 9.17) is 9.84 Å². The maximum absolute atomic E-state index is 11.0. The fourth-order valence-corrected chi connectivity index (χ4v) is 2.05. The summed E-state index contributed by atoms with van der Waals surface area (Å²) in [5, 5.41) is 19.5. The van der Waals surface area contributed by atoms with Gasteiger partial charge in [-0.05, 0) is 51.8 Å². The minimum absolute atomic E-state index is 0.00977. The molecule has 0 atom stereocenters. The number of halogens is 1. The van der Waals surface area contributed by atoms with Crippen molar-refractivity contribution in [2.45, 2.75) is 6.61 Å². The fourth-order valence-electron chi connectivity index (χ4n) is 1.64. The number of non-ortho nitro benzene ring substituents is 1. The van der Waals surface area contributed by atoms with Crippen LogP contribution < -0.4 is 4.74 Å². The van der Waals surface area contributed by atoms with Crippen molar-refractivity contribution in [3.8, 4) is 5.75 Å². The summed E-state index contributed by atoms with van der Waals surface area (Å²) >= 11 is 3.15. The molecule has 0 bridgehead atoms. The number of benzene rings is 2. The molecule has 0 unspecified atom stereocenters. The Hall–Kier alpha value is -2.41. The highest BCUT2D eigenvalue weighted by molar-refractivity contribution is 9.10. The number of nitro benzene ring substituents is 1. The van der Waals surface area contributed by atoms with Gasteiger partial charge in [-0.25, -0.2) is 4.79 Å². The summed E-state index contributed by atoms with van der Waals surface area (Å²) in [7, 11) is 0. The number of aromatic carboxylic acids is 1. The Morgan fingerprint density at radius 1 is 1.24 bits per heavy atom. The normalized spacial score (nSPS) is 10.1. The molecular formula is C14H10BrNO5. The summed E-state index contributed by atoms with van der Waals surface area (Å²) in [6, 6.07) is 10.6. The van der Waals surface area contributed by atoms with Crippen LogP contribution in [0.4, 0.5) is 5.69 Å². The highest BCUT2D eigenvalue weighted by atomic mass is 79.9. The monoisotopic (exact) mass is 351 g/mol. The summed E-state index contributed by atoms with van der Waals surface area (Å²) in [6.45, 7) is 0.193. The van der Waals surface area contributed by atoms with E-state index >= 15 is 0 Å². The molecule has 0 spiro atoms. The molecule has 108 valence electrons. The minimum Gasteiger partial charge on any atom is -0.489 e. The van der Waals surface area contributed by atoms with Crippen LogP contribution in [0.15, 0.2) is 46.9 Å². The first kappa shape index (κ1) is 15.0. The number of carboxylic acids is 1. The summed E-state index contributed by atoms with van der Waals surface area (Å²) in [4.78, 5) is 21.1. The van der Waals surface area contributed by atoms with E-state index in [0.29, 0.717) is 10.2 Å². The van der Waals surface area contributed by atoms with Crippen LogP contribution in [0.5, 0.6) is 5.75 Å². The third kappa shape index (κ3) is 3.79. The smallest absolute Gasteiger partial charge is 0.336 e. The van der Waals surface area contributed by atoms with E-state index in [2.05, 4.69) is 15.9 Å². The Morgan fingerprint density at radius 3 is 2.48 bits per heavy atom. The van der Waals surface area contributed by atoms with Crippen molar-refractivity contribution < 1.29 is 19.6 Å². The molecule has 0 amide bonds. The number of hydrogen-bond acceptors (Lipinski definition) is 4. The van der Waals surface area contributed by atoms with Crippen LogP contribution in [0.25, 0.3) is 0 Å². The predicted molar refractivity (Wildman–Crippen MR) is 78.5 cm³/mol. The lowest BCUT2D eigenvalue weighted by atomic mass is 10.2. The molecule has 2 aromatic rings. The van der Waals surface area contributed by atoms with Gasteiger partial charge in [0.2, 0.25) is 0 Å². The van der Waals surface area contributed by atoms with Gasteiger partial charge < -0.3 is 9.84 Å². The predicted octanol–water partition coefficient (Wildman–Crippen LogP) is 3.63. The third-order valence-electron chi connectivity index (χ3n) is 2.72. The van der Waals surface area contributed by atoms with Crippen molar-refractivity contribution in [3.05, 3.63) is 68.2 Å². The van der Waals surface area contributed by atoms with Gasteiger partial charge in [-0.1, -0.05) is 0 Å². The van der Waals surface area contributed by atoms with E-state index < -0.39 is 10.9 Å². The first-order chi connectivity index (χ1) is 9.97. The molecule has 2 aromatic carbocycles. The van der Waals surface area contributed by atoms with Gasteiger partial charge in [-0.15, -0.1) is 0 Å². The fraction of sp³-hybridized carbons (Fsp3) is 0.0714. The Morgan fingerprint density at radius 2 is 1.90 bits per heavy atom. The van der Waals surface area contributed by atoms with Crippen molar-refractivity contribution in [1.29, 1.82) is 0 Å². The Kier molecular flexibility index (Phi) is 4.54. The van der Waals surface area contributed by atoms with Crippen LogP contribution in [0.2, 0.25) is 0 Å². The van der Waals surface area contributed by atoms with Gasteiger partial charge in [-0.2, -0.15) is 0 Å². The molecule has 21 heavy (non-hydrogen) atoms. The Bertz CT molecular complexity index is 684. The molecule has 1 N–H and O–H groups in total. The average molecular weight is 352 g/mol. The first-order valence-corrected chi connectivity index (χ1v) is 6.65. The van der Waals surface area contributed by atoms with Crippen LogP contribution in [0.3, 0.4) is 0 Å². The van der Waals surface area contributed by atoms with Crippen molar-refractivity contribution in [1.82, 2.24) is 0 Å². The molecule has 2 rings (SSSR count). The van der Waals surface area contributed by atoms with E-state index in [0.717, 1.165) is 5.56 Å². The van der Waals surface area contributed by atoms with Crippen molar-refractivity contribution >= 4 is 27.6 Å². The van der Waals surface area contributed by atoms with E-state index in [1.54, 1.807) is 24.3 Å². The maximum atomic E-state index is 11.0. The molecule has 0 radical (unpaired) electrons. The number of nitro groups is 1. The number of ether oxygens (including phenoxy) is 1. The SMILES string of the molecule is O=C(O)c1cc(OCc2ccc([N+](=O)[O-])cc2)ccc1Br. The number of carbonyl (C=O) groups is 1. The largest absolute Gasteiger partial charge is 0.489 e. The summed E-state index contributed by atoms with van der Waals surface area (Å²) in [6.07, 6.45) is 0. The van der Waals surface area contributed by atoms with Gasteiger partial charge in [0, 0.05) is 16.6 Å². The summed E-state index contributed by atoms with van der Waals surface area (Å²) < 4.78 is 5.95. The lowest BCUT2D eigenvalue weighted by Gasteiger charge is -2.08. The molecule has 0 aromatic heterocycles. The standard InChI is InChI=1S/C14H10BrNO5/c15-13-6-5-11(7-12(13)14(17)18)21-8-9-1-3-10(4-2-9)16(19)20/h1-7H,8H2,(H,17,18). The Labute approximate surface area is 128 Å². The third-order valence-corrected chi connectivity index (χ3v) is 3.41. The van der Waals surface area contributed by atoms with Crippen molar-refractivity contribution in [2.75, 3.05) is 0 Å². The second kappa shape index (κ2) is 6.36. The van der Waals surface area contributed by atoms with Gasteiger partial charge in [-0.3, -0.25) is 10.1 Å². The molecular weight excluding hydrogens is 342 g/mol. The van der Waals surface area contributed by atoms with Crippen LogP contribution in [0.1, 0.15) is 15.9 Å². The Balaban J connectivity index is 2.07. The average Bonchev–Trinajstić information content (AvgIpc) is 2.46. The molecule has 6 nitrogen and oxygen atoms in total. The van der Waals surface area contributed by atoms with Gasteiger partial charge in [0.15, 0.2) is 0 Å². The van der Waals surface area contributed by atoms with E-state index in [-0.39, 0.29) is 17.9 Å². The molecule has 0 saturated carbocycles. The zero-order valence-corrected chi connectivity index (χ0v) is 12.2. The van der Waals surface area contributed by atoms with Gasteiger partial charge in [0.1, 0.15) is 12.4 Å². The molecule has 0 aliphatic carbocycles. The molecule has 7 heteroatoms. The molecule has 0 aliphatic heterocycles. The van der Waals surface area contributed by atoms with Gasteiger partial charge in [0.05, 0.1) is 10.5 Å². The van der Waals surface area contributed by atoms with E-state index in [9.17, 15) is 14.9 Å². The van der Waals surface area contributed by atoms with Crippen molar-refractivity contribution in [3.63, 3.8) is 0 Å². The molecule has 0 aliphatic rings. The van der Waals surface area contributed by atoms with E-state index in [1.807, 2.05) is 0 Å². The van der Waals surface area contributed by atoms with E-state index in [1.165, 1.54) is 18.2 Å². The second-order valence-electron chi connectivity index (χ2n) is 4.16. The topological polar surface area (TPSA) is 89.7 Å². The van der Waals surface area contributed by atoms with Crippen LogP contribution in [-0.4, -0.2) is 16.0 Å². The quantitative estimate of drug-likeness (QED) is 0.656.